The second kappa shape index (κ2) is 8.65. The molecule has 1 amide bonds. The van der Waals surface area contributed by atoms with E-state index in [1.165, 1.54) is 31.4 Å². The number of hydrogen-bond donors (Lipinski definition) is 1. The van der Waals surface area contributed by atoms with Gasteiger partial charge in [0.1, 0.15) is 0 Å². The molecule has 0 aromatic heterocycles. The molecule has 1 saturated heterocycles. The number of aliphatic hydroxyl groups is 1. The zero-order valence-electron chi connectivity index (χ0n) is 16.0. The van der Waals surface area contributed by atoms with E-state index in [1.54, 1.807) is 0 Å². The van der Waals surface area contributed by atoms with Crippen molar-refractivity contribution < 1.29 is 9.90 Å². The van der Waals surface area contributed by atoms with E-state index in [0.29, 0.717) is 24.5 Å². The Kier molecular flexibility index (Phi) is 6.53. The van der Waals surface area contributed by atoms with Gasteiger partial charge in [-0.05, 0) is 51.9 Å². The molecule has 0 bridgehead atoms. The van der Waals surface area contributed by atoms with Crippen LogP contribution < -0.4 is 0 Å². The minimum atomic E-state index is -0.286. The minimum absolute atomic E-state index is 0.286. The largest absolute Gasteiger partial charge is 0.392 e. The fourth-order valence-corrected chi connectivity index (χ4v) is 4.31. The van der Waals surface area contributed by atoms with Gasteiger partial charge in [0.2, 0.25) is 5.91 Å². The molecule has 0 aromatic carbocycles. The third-order valence-corrected chi connectivity index (χ3v) is 5.77. The fourth-order valence-electron chi connectivity index (χ4n) is 4.31. The van der Waals surface area contributed by atoms with Crippen LogP contribution in [-0.2, 0) is 4.79 Å². The van der Waals surface area contributed by atoms with E-state index in [9.17, 15) is 9.90 Å². The Balaban J connectivity index is 1.57. The van der Waals surface area contributed by atoms with Crippen LogP contribution in [0.5, 0.6) is 0 Å². The molecule has 0 aromatic rings. The fraction of sp³-hybridized carbons (Fsp3) is 0.850. The third kappa shape index (κ3) is 5.05. The summed E-state index contributed by atoms with van der Waals surface area (Å²) in [5, 5.41) is 9.69. The lowest BCUT2D eigenvalue weighted by Gasteiger charge is -2.42. The molecule has 142 valence electrons. The zero-order valence-corrected chi connectivity index (χ0v) is 16.0. The number of carbonyl (C=O) groups excluding carboxylic acids is 1. The summed E-state index contributed by atoms with van der Waals surface area (Å²) < 4.78 is 0. The molecule has 2 fully saturated rings. The summed E-state index contributed by atoms with van der Waals surface area (Å²) >= 11 is 0. The van der Waals surface area contributed by atoms with Gasteiger partial charge in [-0.25, -0.2) is 0 Å². The molecule has 0 radical (unpaired) electrons. The predicted octanol–water partition coefficient (Wildman–Crippen LogP) is 2.21. The highest BCUT2D eigenvalue weighted by molar-refractivity contribution is 5.80. The van der Waals surface area contributed by atoms with Gasteiger partial charge in [-0.2, -0.15) is 0 Å². The van der Waals surface area contributed by atoms with Crippen molar-refractivity contribution in [3.8, 4) is 0 Å². The standard InChI is InChI=1S/C20H35N3O2/c1-3-17-14-21(11-12-22(17)13-16(2)24)15-20(25)23(19-9-10-19)18-7-5-4-6-8-18/h7,16-17,19,24H,3-6,8-15H2,1-2H3/t16-,17-/m1/s1. The van der Waals surface area contributed by atoms with E-state index in [-0.39, 0.29) is 6.10 Å². The maximum Gasteiger partial charge on any atom is 0.241 e. The van der Waals surface area contributed by atoms with Crippen molar-refractivity contribution in [3.05, 3.63) is 11.8 Å². The Morgan fingerprint density at radius 3 is 2.76 bits per heavy atom. The highest BCUT2D eigenvalue weighted by atomic mass is 16.3. The van der Waals surface area contributed by atoms with Gasteiger partial charge in [-0.15, -0.1) is 0 Å². The number of amides is 1. The van der Waals surface area contributed by atoms with Crippen molar-refractivity contribution >= 4 is 5.91 Å². The van der Waals surface area contributed by atoms with E-state index in [2.05, 4.69) is 27.7 Å². The molecule has 2 aliphatic carbocycles. The van der Waals surface area contributed by atoms with Gasteiger partial charge in [-0.1, -0.05) is 13.0 Å². The van der Waals surface area contributed by atoms with Crippen molar-refractivity contribution in [3.63, 3.8) is 0 Å². The molecular weight excluding hydrogens is 314 g/mol. The molecule has 2 atom stereocenters. The monoisotopic (exact) mass is 349 g/mol. The van der Waals surface area contributed by atoms with Gasteiger partial charge >= 0.3 is 0 Å². The lowest BCUT2D eigenvalue weighted by Crippen LogP contribution is -2.56. The van der Waals surface area contributed by atoms with E-state index in [1.807, 2.05) is 6.92 Å². The number of piperazine rings is 1. The van der Waals surface area contributed by atoms with Crippen LogP contribution >= 0.6 is 0 Å². The summed E-state index contributed by atoms with van der Waals surface area (Å²) in [5.41, 5.74) is 1.29. The maximum atomic E-state index is 13.0. The molecule has 1 aliphatic heterocycles. The van der Waals surface area contributed by atoms with Crippen LogP contribution in [0.3, 0.4) is 0 Å². The molecule has 3 aliphatic rings. The summed E-state index contributed by atoms with van der Waals surface area (Å²) in [7, 11) is 0. The van der Waals surface area contributed by atoms with Crippen molar-refractivity contribution in [1.29, 1.82) is 0 Å². The van der Waals surface area contributed by atoms with Crippen LogP contribution in [0.2, 0.25) is 0 Å². The minimum Gasteiger partial charge on any atom is -0.392 e. The number of rotatable bonds is 7. The van der Waals surface area contributed by atoms with Gasteiger partial charge in [0.25, 0.3) is 0 Å². The average molecular weight is 350 g/mol. The summed E-state index contributed by atoms with van der Waals surface area (Å²) in [6.45, 7) is 8.15. The smallest absolute Gasteiger partial charge is 0.241 e. The molecule has 5 nitrogen and oxygen atoms in total. The maximum absolute atomic E-state index is 13.0. The van der Waals surface area contributed by atoms with Gasteiger partial charge in [0, 0.05) is 44.0 Å². The molecule has 1 heterocycles. The summed E-state index contributed by atoms with van der Waals surface area (Å²) in [6.07, 6.45) is 10.1. The molecule has 1 saturated carbocycles. The van der Waals surface area contributed by atoms with Crippen molar-refractivity contribution in [2.24, 2.45) is 0 Å². The molecule has 0 spiro atoms. The Morgan fingerprint density at radius 1 is 1.36 bits per heavy atom. The Morgan fingerprint density at radius 2 is 2.16 bits per heavy atom. The molecule has 0 unspecified atom stereocenters. The molecular formula is C20H35N3O2. The SMILES string of the molecule is CC[C@@H]1CN(CC(=O)N(C2=CCCCC2)C2CC2)CCN1C[C@@H](C)O. The first-order valence-electron chi connectivity index (χ1n) is 10.2. The number of allylic oxidation sites excluding steroid dienone is 2. The zero-order chi connectivity index (χ0) is 17.8. The van der Waals surface area contributed by atoms with Crippen LogP contribution in [-0.4, -0.2) is 76.6 Å². The molecule has 3 rings (SSSR count). The van der Waals surface area contributed by atoms with Crippen molar-refractivity contribution in [2.75, 3.05) is 32.7 Å². The Labute approximate surface area is 152 Å². The van der Waals surface area contributed by atoms with E-state index in [0.717, 1.165) is 45.4 Å². The number of nitrogens with zero attached hydrogens (tertiary/aromatic N) is 3. The van der Waals surface area contributed by atoms with Crippen LogP contribution in [0.25, 0.3) is 0 Å². The first kappa shape index (κ1) is 18.9. The topological polar surface area (TPSA) is 47.0 Å². The lowest BCUT2D eigenvalue weighted by atomic mass is 10.0. The predicted molar refractivity (Wildman–Crippen MR) is 100 cm³/mol. The van der Waals surface area contributed by atoms with Crippen LogP contribution in [0.1, 0.15) is 58.8 Å². The normalized spacial score (nSPS) is 27.0. The summed E-state index contributed by atoms with van der Waals surface area (Å²) in [6, 6.07) is 0.912. The number of β-amino-alcohol motifs (C(OH)–C–C–N with tert-alkyl or cyclic N) is 1. The van der Waals surface area contributed by atoms with Gasteiger partial charge < -0.3 is 10.0 Å². The quantitative estimate of drug-likeness (QED) is 0.765. The Bertz CT molecular complexity index is 487. The first-order valence-corrected chi connectivity index (χ1v) is 10.2. The summed E-state index contributed by atoms with van der Waals surface area (Å²) in [5.74, 6) is 0.300. The van der Waals surface area contributed by atoms with Gasteiger partial charge in [-0.3, -0.25) is 14.6 Å². The second-order valence-corrected chi connectivity index (χ2v) is 8.08. The number of aliphatic hydroxyl groups excluding tert-OH is 1. The summed E-state index contributed by atoms with van der Waals surface area (Å²) in [4.78, 5) is 19.9. The van der Waals surface area contributed by atoms with Crippen LogP contribution in [0.15, 0.2) is 11.8 Å². The van der Waals surface area contributed by atoms with Gasteiger partial charge in [0.15, 0.2) is 0 Å². The van der Waals surface area contributed by atoms with Crippen molar-refractivity contribution in [1.82, 2.24) is 14.7 Å². The Hall–Kier alpha value is -0.910. The average Bonchev–Trinajstić information content (AvgIpc) is 3.42. The highest BCUT2D eigenvalue weighted by Crippen LogP contribution is 2.34. The number of hydrogen-bond acceptors (Lipinski definition) is 4. The van der Waals surface area contributed by atoms with E-state index in [4.69, 9.17) is 0 Å². The molecule has 5 heteroatoms. The first-order chi connectivity index (χ1) is 12.1. The van der Waals surface area contributed by atoms with Crippen LogP contribution in [0.4, 0.5) is 0 Å². The molecule has 25 heavy (non-hydrogen) atoms. The van der Waals surface area contributed by atoms with E-state index >= 15 is 0 Å². The lowest BCUT2D eigenvalue weighted by molar-refractivity contribution is -0.132. The third-order valence-electron chi connectivity index (χ3n) is 5.77. The highest BCUT2D eigenvalue weighted by Gasteiger charge is 2.36. The van der Waals surface area contributed by atoms with Gasteiger partial charge in [0.05, 0.1) is 12.6 Å². The van der Waals surface area contributed by atoms with Crippen molar-refractivity contribution in [2.45, 2.75) is 77.0 Å². The van der Waals surface area contributed by atoms with E-state index < -0.39 is 0 Å². The second-order valence-electron chi connectivity index (χ2n) is 8.08. The van der Waals surface area contributed by atoms with Crippen LogP contribution in [0, 0.1) is 0 Å². The molecule has 1 N–H and O–H groups in total. The number of carbonyl (C=O) groups is 1.